The van der Waals surface area contributed by atoms with Crippen LogP contribution < -0.4 is 16.4 Å². The molecule has 4 aliphatic rings. The lowest BCUT2D eigenvalue weighted by Gasteiger charge is -2.55. The summed E-state index contributed by atoms with van der Waals surface area (Å²) in [6.45, 7) is 4.56. The zero-order valence-corrected chi connectivity index (χ0v) is 19.0. The SMILES string of the molecule is CC(C)C(NC(=O)C12CC3CC(CC(C3)C1)C2)C(=O)NCCc1ccc(N)cc1.Cl. The standard InChI is InChI=1S/C24H35N3O2.ClH/c1-15(2)21(22(28)26-8-7-16-3-5-20(25)6-4-16)27-23(29)24-12-17-9-18(13-24)11-19(10-17)14-24;/h3-6,15,17-19,21H,7-14,25H2,1-2H3,(H,26,28)(H,27,29);1H. The molecule has 4 bridgehead atoms. The van der Waals surface area contributed by atoms with Gasteiger partial charge in [-0.15, -0.1) is 12.4 Å². The lowest BCUT2D eigenvalue weighted by atomic mass is 9.49. The number of benzene rings is 1. The van der Waals surface area contributed by atoms with Crippen LogP contribution in [0.3, 0.4) is 0 Å². The minimum Gasteiger partial charge on any atom is -0.399 e. The Morgan fingerprint density at radius 2 is 1.57 bits per heavy atom. The highest BCUT2D eigenvalue weighted by Crippen LogP contribution is 2.60. The van der Waals surface area contributed by atoms with Gasteiger partial charge in [-0.3, -0.25) is 9.59 Å². The van der Waals surface area contributed by atoms with E-state index in [1.807, 2.05) is 38.1 Å². The Hall–Kier alpha value is -1.75. The molecule has 6 heteroatoms. The highest BCUT2D eigenvalue weighted by atomic mass is 35.5. The van der Waals surface area contributed by atoms with Gasteiger partial charge < -0.3 is 16.4 Å². The van der Waals surface area contributed by atoms with Gasteiger partial charge in [0.05, 0.1) is 0 Å². The number of halogens is 1. The number of nitrogen functional groups attached to an aromatic ring is 1. The first kappa shape index (κ1) is 22.9. The first-order valence-electron chi connectivity index (χ1n) is 11.3. The molecule has 1 aromatic carbocycles. The quantitative estimate of drug-likeness (QED) is 0.573. The van der Waals surface area contributed by atoms with Crippen LogP contribution in [0, 0.1) is 29.1 Å². The van der Waals surface area contributed by atoms with Gasteiger partial charge in [0.1, 0.15) is 6.04 Å². The fourth-order valence-corrected chi connectivity index (χ4v) is 6.34. The number of carbonyl (C=O) groups excluding carboxylic acids is 2. The normalized spacial score (nSPS) is 29.9. The van der Waals surface area contributed by atoms with Crippen molar-refractivity contribution < 1.29 is 9.59 Å². The second-order valence-corrected chi connectivity index (χ2v) is 10.2. The molecule has 5 rings (SSSR count). The van der Waals surface area contributed by atoms with Crippen LogP contribution in [0.5, 0.6) is 0 Å². The lowest BCUT2D eigenvalue weighted by Crippen LogP contribution is -2.58. The van der Waals surface area contributed by atoms with E-state index in [9.17, 15) is 9.59 Å². The molecule has 0 aromatic heterocycles. The van der Waals surface area contributed by atoms with E-state index in [4.69, 9.17) is 5.73 Å². The van der Waals surface area contributed by atoms with E-state index in [0.717, 1.165) is 54.7 Å². The summed E-state index contributed by atoms with van der Waals surface area (Å²) in [6.07, 6.45) is 7.75. The van der Waals surface area contributed by atoms with Crippen molar-refractivity contribution in [3.8, 4) is 0 Å². The van der Waals surface area contributed by atoms with E-state index >= 15 is 0 Å². The Morgan fingerprint density at radius 1 is 1.03 bits per heavy atom. The van der Waals surface area contributed by atoms with E-state index in [0.29, 0.717) is 6.54 Å². The Labute approximate surface area is 186 Å². The summed E-state index contributed by atoms with van der Waals surface area (Å²) in [5, 5.41) is 6.18. The first-order chi connectivity index (χ1) is 13.8. The smallest absolute Gasteiger partial charge is 0.242 e. The van der Waals surface area contributed by atoms with Crippen LogP contribution in [-0.4, -0.2) is 24.4 Å². The summed E-state index contributed by atoms with van der Waals surface area (Å²) in [6, 6.07) is 7.24. The number of nitrogens with two attached hydrogens (primary N) is 1. The maximum atomic E-state index is 13.3. The van der Waals surface area contributed by atoms with Crippen molar-refractivity contribution in [3.05, 3.63) is 29.8 Å². The number of rotatable bonds is 7. The summed E-state index contributed by atoms with van der Waals surface area (Å²) in [5.74, 6) is 2.27. The molecular weight excluding hydrogens is 398 g/mol. The predicted molar refractivity (Wildman–Crippen MR) is 122 cm³/mol. The number of hydrogen-bond acceptors (Lipinski definition) is 3. The lowest BCUT2D eigenvalue weighted by molar-refractivity contribution is -0.149. The topological polar surface area (TPSA) is 84.2 Å². The van der Waals surface area contributed by atoms with Gasteiger partial charge in [0.2, 0.25) is 11.8 Å². The van der Waals surface area contributed by atoms with E-state index < -0.39 is 6.04 Å². The number of anilines is 1. The van der Waals surface area contributed by atoms with Crippen LogP contribution >= 0.6 is 12.4 Å². The summed E-state index contributed by atoms with van der Waals surface area (Å²) in [5.41, 5.74) is 7.38. The van der Waals surface area contributed by atoms with E-state index in [-0.39, 0.29) is 35.6 Å². The van der Waals surface area contributed by atoms with Gasteiger partial charge >= 0.3 is 0 Å². The Balaban J connectivity index is 0.00000256. The number of amides is 2. The molecule has 5 nitrogen and oxygen atoms in total. The van der Waals surface area contributed by atoms with Gasteiger partial charge in [0.25, 0.3) is 0 Å². The van der Waals surface area contributed by atoms with Gasteiger partial charge in [-0.05, 0) is 86.3 Å². The number of nitrogens with one attached hydrogen (secondary N) is 2. The molecule has 1 aromatic rings. The number of hydrogen-bond donors (Lipinski definition) is 3. The minimum absolute atomic E-state index is 0. The third-order valence-electron chi connectivity index (χ3n) is 7.45. The molecule has 0 radical (unpaired) electrons. The molecule has 0 aliphatic heterocycles. The van der Waals surface area contributed by atoms with Crippen LogP contribution in [0.15, 0.2) is 24.3 Å². The molecule has 1 atom stereocenters. The molecular formula is C24H36ClN3O2. The van der Waals surface area contributed by atoms with E-state index in [1.54, 1.807) is 0 Å². The largest absolute Gasteiger partial charge is 0.399 e. The second kappa shape index (κ2) is 9.17. The highest BCUT2D eigenvalue weighted by Gasteiger charge is 2.55. The Morgan fingerprint density at radius 3 is 2.07 bits per heavy atom. The summed E-state index contributed by atoms with van der Waals surface area (Å²) < 4.78 is 0. The third kappa shape index (κ3) is 4.77. The summed E-state index contributed by atoms with van der Waals surface area (Å²) in [4.78, 5) is 26.2. The molecule has 1 unspecified atom stereocenters. The first-order valence-corrected chi connectivity index (χ1v) is 11.3. The molecule has 4 saturated carbocycles. The van der Waals surface area contributed by atoms with Crippen molar-refractivity contribution in [3.63, 3.8) is 0 Å². The van der Waals surface area contributed by atoms with Crippen LogP contribution in [-0.2, 0) is 16.0 Å². The van der Waals surface area contributed by atoms with Crippen molar-refractivity contribution in [2.45, 2.75) is 64.8 Å². The number of carbonyl (C=O) groups is 2. The van der Waals surface area contributed by atoms with E-state index in [2.05, 4.69) is 10.6 Å². The zero-order valence-electron chi connectivity index (χ0n) is 18.2. The van der Waals surface area contributed by atoms with Crippen molar-refractivity contribution in [2.75, 3.05) is 12.3 Å². The Bertz CT molecular complexity index is 727. The molecule has 0 saturated heterocycles. The molecule has 4 aliphatic carbocycles. The zero-order chi connectivity index (χ0) is 20.6. The molecule has 4 fully saturated rings. The van der Waals surface area contributed by atoms with Gasteiger partial charge in [-0.1, -0.05) is 26.0 Å². The van der Waals surface area contributed by atoms with Crippen LogP contribution in [0.25, 0.3) is 0 Å². The fourth-order valence-electron chi connectivity index (χ4n) is 6.34. The van der Waals surface area contributed by atoms with Crippen molar-refractivity contribution >= 4 is 29.9 Å². The molecule has 30 heavy (non-hydrogen) atoms. The van der Waals surface area contributed by atoms with Gasteiger partial charge in [-0.25, -0.2) is 0 Å². The monoisotopic (exact) mass is 433 g/mol. The van der Waals surface area contributed by atoms with Crippen LogP contribution in [0.2, 0.25) is 0 Å². The van der Waals surface area contributed by atoms with Crippen molar-refractivity contribution in [1.29, 1.82) is 0 Å². The van der Waals surface area contributed by atoms with Gasteiger partial charge in [0, 0.05) is 17.6 Å². The van der Waals surface area contributed by atoms with Crippen LogP contribution in [0.4, 0.5) is 5.69 Å². The Kier molecular flexibility index (Phi) is 7.01. The average Bonchev–Trinajstić information content (AvgIpc) is 2.66. The highest BCUT2D eigenvalue weighted by molar-refractivity contribution is 5.90. The van der Waals surface area contributed by atoms with Crippen LogP contribution in [0.1, 0.15) is 57.9 Å². The molecule has 4 N–H and O–H groups in total. The van der Waals surface area contributed by atoms with Gasteiger partial charge in [0.15, 0.2) is 0 Å². The summed E-state index contributed by atoms with van der Waals surface area (Å²) >= 11 is 0. The predicted octanol–water partition coefficient (Wildman–Crippen LogP) is 3.71. The maximum Gasteiger partial charge on any atom is 0.242 e. The van der Waals surface area contributed by atoms with Gasteiger partial charge in [-0.2, -0.15) is 0 Å². The maximum absolute atomic E-state index is 13.3. The minimum atomic E-state index is -0.470. The average molecular weight is 434 g/mol. The van der Waals surface area contributed by atoms with Crippen molar-refractivity contribution in [1.82, 2.24) is 10.6 Å². The van der Waals surface area contributed by atoms with E-state index in [1.165, 1.54) is 19.3 Å². The molecule has 0 heterocycles. The molecule has 166 valence electrons. The summed E-state index contributed by atoms with van der Waals surface area (Å²) in [7, 11) is 0. The molecule has 2 amide bonds. The second-order valence-electron chi connectivity index (χ2n) is 10.2. The fraction of sp³-hybridized carbons (Fsp3) is 0.667. The molecule has 0 spiro atoms. The van der Waals surface area contributed by atoms with Crippen molar-refractivity contribution in [2.24, 2.45) is 29.1 Å². The third-order valence-corrected chi connectivity index (χ3v) is 7.45.